The number of unbranched alkanes of at least 4 members (excludes halogenated alkanes) is 10. The van der Waals surface area contributed by atoms with Gasteiger partial charge in [-0.1, -0.05) is 182 Å². The minimum atomic E-state index is 0.0489. The van der Waals surface area contributed by atoms with Gasteiger partial charge in [-0.25, -0.2) is 0 Å². The quantitative estimate of drug-likeness (QED) is 0.150. The third kappa shape index (κ3) is 8.39. The Morgan fingerprint density at radius 2 is 1.30 bits per heavy atom. The number of rotatable bonds is 18. The van der Waals surface area contributed by atoms with Gasteiger partial charge in [-0.2, -0.15) is 0 Å². The van der Waals surface area contributed by atoms with Crippen LogP contribution in [0.5, 0.6) is 0 Å². The first kappa shape index (κ1) is 36.4. The van der Waals surface area contributed by atoms with Gasteiger partial charge in [-0.15, -0.1) is 0 Å². The van der Waals surface area contributed by atoms with Crippen molar-refractivity contribution in [1.82, 2.24) is 0 Å². The zero-order chi connectivity index (χ0) is 32.4. The predicted molar refractivity (Wildman–Crippen MR) is 199 cm³/mol. The van der Waals surface area contributed by atoms with E-state index >= 15 is 0 Å². The first-order valence-corrected chi connectivity index (χ1v) is 18.6. The molecule has 0 spiro atoms. The SMILES string of the molecule is C=Cc1c(C(C)(C)C)cc2c(c1/C=C\C)Cc1ccc(C(C)(C)CC)cc1C2(CCCCCCCC)CCCCCCCC. The lowest BCUT2D eigenvalue weighted by Gasteiger charge is -2.44. The van der Waals surface area contributed by atoms with Gasteiger partial charge in [0, 0.05) is 5.41 Å². The third-order valence-corrected chi connectivity index (χ3v) is 11.0. The lowest BCUT2D eigenvalue weighted by atomic mass is 9.59. The average Bonchev–Trinajstić information content (AvgIpc) is 3.00. The topological polar surface area (TPSA) is 0 Å². The van der Waals surface area contributed by atoms with Crippen molar-refractivity contribution < 1.29 is 0 Å². The molecule has 44 heavy (non-hydrogen) atoms. The Bertz CT molecular complexity index is 1210. The number of benzene rings is 2. The van der Waals surface area contributed by atoms with Gasteiger partial charge in [0.25, 0.3) is 0 Å². The first-order valence-electron chi connectivity index (χ1n) is 18.6. The van der Waals surface area contributed by atoms with Crippen LogP contribution in [0.25, 0.3) is 12.2 Å². The van der Waals surface area contributed by atoms with Crippen LogP contribution in [0.4, 0.5) is 0 Å². The Labute approximate surface area is 274 Å². The Morgan fingerprint density at radius 1 is 0.727 bits per heavy atom. The summed E-state index contributed by atoms with van der Waals surface area (Å²) < 4.78 is 0. The molecule has 0 unspecified atom stereocenters. The van der Waals surface area contributed by atoms with E-state index in [1.54, 1.807) is 22.3 Å². The fourth-order valence-electron chi connectivity index (χ4n) is 7.79. The van der Waals surface area contributed by atoms with E-state index in [9.17, 15) is 0 Å². The molecular weight excluding hydrogens is 528 g/mol. The average molecular weight is 597 g/mol. The molecule has 0 nitrogen and oxygen atoms in total. The van der Waals surface area contributed by atoms with E-state index in [-0.39, 0.29) is 16.2 Å². The van der Waals surface area contributed by atoms with E-state index in [0.717, 1.165) is 12.8 Å². The molecule has 0 saturated carbocycles. The van der Waals surface area contributed by atoms with Crippen molar-refractivity contribution in [3.05, 3.63) is 81.4 Å². The highest BCUT2D eigenvalue weighted by atomic mass is 14.5. The van der Waals surface area contributed by atoms with Crippen molar-refractivity contribution in [2.45, 2.75) is 181 Å². The molecule has 0 fully saturated rings. The van der Waals surface area contributed by atoms with Gasteiger partial charge >= 0.3 is 0 Å². The molecule has 0 aromatic heterocycles. The van der Waals surface area contributed by atoms with Crippen LogP contribution < -0.4 is 0 Å². The molecule has 0 atom stereocenters. The fraction of sp³-hybridized carbons (Fsp3) is 0.636. The van der Waals surface area contributed by atoms with Gasteiger partial charge in [-0.05, 0) is 87.9 Å². The van der Waals surface area contributed by atoms with Gasteiger partial charge in [0.05, 0.1) is 0 Å². The van der Waals surface area contributed by atoms with Crippen molar-refractivity contribution >= 4 is 12.2 Å². The number of hydrogen-bond donors (Lipinski definition) is 0. The highest BCUT2D eigenvalue weighted by Crippen LogP contribution is 2.52. The van der Waals surface area contributed by atoms with Crippen LogP contribution in [0, 0.1) is 0 Å². The van der Waals surface area contributed by atoms with E-state index in [0.29, 0.717) is 0 Å². The molecule has 0 aliphatic heterocycles. The molecule has 2 aromatic carbocycles. The second-order valence-electron chi connectivity index (χ2n) is 15.6. The van der Waals surface area contributed by atoms with Gasteiger partial charge in [0.15, 0.2) is 0 Å². The molecule has 0 heteroatoms. The van der Waals surface area contributed by atoms with E-state index in [1.165, 1.54) is 112 Å². The Kier molecular flexibility index (Phi) is 13.6. The predicted octanol–water partition coefficient (Wildman–Crippen LogP) is 14.0. The van der Waals surface area contributed by atoms with Crippen molar-refractivity contribution in [3.8, 4) is 0 Å². The summed E-state index contributed by atoms with van der Waals surface area (Å²) in [6.07, 6.45) is 27.7. The molecule has 1 aliphatic rings. The Balaban J connectivity index is 2.30. The Morgan fingerprint density at radius 3 is 1.80 bits per heavy atom. The van der Waals surface area contributed by atoms with Crippen LogP contribution in [-0.2, 0) is 22.7 Å². The van der Waals surface area contributed by atoms with E-state index in [2.05, 4.69) is 111 Å². The smallest absolute Gasteiger partial charge is 0.0209 e. The summed E-state index contributed by atoms with van der Waals surface area (Å²) in [7, 11) is 0. The van der Waals surface area contributed by atoms with Crippen molar-refractivity contribution in [2.24, 2.45) is 0 Å². The first-order chi connectivity index (χ1) is 21.0. The maximum atomic E-state index is 4.36. The molecule has 0 heterocycles. The summed E-state index contributed by atoms with van der Waals surface area (Å²) in [6.45, 7) is 25.6. The van der Waals surface area contributed by atoms with Crippen molar-refractivity contribution in [1.29, 1.82) is 0 Å². The normalized spacial score (nSPS) is 14.6. The van der Waals surface area contributed by atoms with E-state index < -0.39 is 0 Å². The molecule has 0 amide bonds. The van der Waals surface area contributed by atoms with Gasteiger partial charge in [0.2, 0.25) is 0 Å². The van der Waals surface area contributed by atoms with Crippen LogP contribution in [0.1, 0.15) is 203 Å². The monoisotopic (exact) mass is 597 g/mol. The van der Waals surface area contributed by atoms with E-state index in [1.807, 2.05) is 0 Å². The molecule has 0 N–H and O–H groups in total. The summed E-state index contributed by atoms with van der Waals surface area (Å²) >= 11 is 0. The maximum absolute atomic E-state index is 4.36. The van der Waals surface area contributed by atoms with Crippen LogP contribution in [0.3, 0.4) is 0 Å². The van der Waals surface area contributed by atoms with Gasteiger partial charge in [-0.3, -0.25) is 0 Å². The van der Waals surface area contributed by atoms with Crippen LogP contribution in [-0.4, -0.2) is 0 Å². The van der Waals surface area contributed by atoms with Crippen molar-refractivity contribution in [3.63, 3.8) is 0 Å². The highest BCUT2D eigenvalue weighted by Gasteiger charge is 2.42. The molecule has 0 radical (unpaired) electrons. The van der Waals surface area contributed by atoms with Crippen molar-refractivity contribution in [2.75, 3.05) is 0 Å². The van der Waals surface area contributed by atoms with Crippen LogP contribution >= 0.6 is 0 Å². The highest BCUT2D eigenvalue weighted by molar-refractivity contribution is 5.75. The zero-order valence-electron chi connectivity index (χ0n) is 30.6. The van der Waals surface area contributed by atoms with Gasteiger partial charge in [0.1, 0.15) is 0 Å². The molecule has 244 valence electrons. The second kappa shape index (κ2) is 16.5. The van der Waals surface area contributed by atoms with Gasteiger partial charge < -0.3 is 0 Å². The fourth-order valence-corrected chi connectivity index (χ4v) is 7.79. The largest absolute Gasteiger partial charge is 0.0984 e. The number of fused-ring (bicyclic) bond motifs is 2. The Hall–Kier alpha value is -2.08. The van der Waals surface area contributed by atoms with Crippen LogP contribution in [0.2, 0.25) is 0 Å². The standard InChI is InChI=1S/C44H68/c1-11-16-18-20-22-24-29-44(30-25-23-21-19-17-12-2)39-32-35(43(9,10)15-5)28-27-34(39)31-38-37(26-13-3)36(14-4)40(33-41(38)44)42(6,7)8/h13-14,26-28,32-33H,4,11-12,15-25,29-31H2,1-3,5-10H3/b26-13-. The summed E-state index contributed by atoms with van der Waals surface area (Å²) in [4.78, 5) is 0. The molecule has 1 aliphatic carbocycles. The summed E-state index contributed by atoms with van der Waals surface area (Å²) in [5.41, 5.74) is 12.5. The molecule has 3 rings (SSSR count). The lowest BCUT2D eigenvalue weighted by molar-refractivity contribution is 0.378. The summed E-state index contributed by atoms with van der Waals surface area (Å²) in [6, 6.07) is 10.3. The van der Waals surface area contributed by atoms with E-state index in [4.69, 9.17) is 0 Å². The lowest BCUT2D eigenvalue weighted by Crippen LogP contribution is -2.36. The second-order valence-corrected chi connectivity index (χ2v) is 15.6. The molecule has 0 bridgehead atoms. The zero-order valence-corrected chi connectivity index (χ0v) is 30.6. The number of allylic oxidation sites excluding steroid dienone is 1. The summed E-state index contributed by atoms with van der Waals surface area (Å²) in [5.74, 6) is 0. The minimum Gasteiger partial charge on any atom is -0.0984 e. The molecule has 2 aromatic rings. The number of hydrogen-bond acceptors (Lipinski definition) is 0. The summed E-state index contributed by atoms with van der Waals surface area (Å²) in [5, 5.41) is 0. The third-order valence-electron chi connectivity index (χ3n) is 11.0. The molecule has 0 saturated heterocycles. The minimum absolute atomic E-state index is 0.0489. The molecular formula is C44H68. The van der Waals surface area contributed by atoms with Crippen LogP contribution in [0.15, 0.2) is 36.9 Å². The maximum Gasteiger partial charge on any atom is 0.0209 e.